The summed E-state index contributed by atoms with van der Waals surface area (Å²) in [5.41, 5.74) is 0. The fraction of sp³-hybridized carbons (Fsp3) is 0.714. The number of hydrogen-bond acceptors (Lipinski definition) is 3. The van der Waals surface area contributed by atoms with E-state index in [1.54, 1.807) is 0 Å². The lowest BCUT2D eigenvalue weighted by molar-refractivity contribution is -0.129. The van der Waals surface area contributed by atoms with Crippen molar-refractivity contribution in [2.45, 2.75) is 13.3 Å². The predicted molar refractivity (Wildman–Crippen MR) is 50.2 cm³/mol. The zero-order chi connectivity index (χ0) is 9.40. The third-order valence-corrected chi connectivity index (χ3v) is 1.35. The van der Waals surface area contributed by atoms with Gasteiger partial charge in [-0.25, -0.2) is 0 Å². The summed E-state index contributed by atoms with van der Waals surface area (Å²) in [4.78, 5) is 21.7. The Morgan fingerprint density at radius 3 is 2.33 bits per heavy atom. The van der Waals surface area contributed by atoms with Crippen molar-refractivity contribution in [1.29, 1.82) is 0 Å². The van der Waals surface area contributed by atoms with Gasteiger partial charge < -0.3 is 10.6 Å². The largest absolute Gasteiger partial charge is 0.356 e. The SMILES string of the molecule is CCNC(=O)CC(=O)NCCS. The Morgan fingerprint density at radius 2 is 1.83 bits per heavy atom. The second kappa shape index (κ2) is 6.97. The minimum atomic E-state index is -0.255. The lowest BCUT2D eigenvalue weighted by Gasteiger charge is -2.02. The van der Waals surface area contributed by atoms with Gasteiger partial charge in [-0.3, -0.25) is 9.59 Å². The van der Waals surface area contributed by atoms with Crippen LogP contribution in [0.3, 0.4) is 0 Å². The molecule has 0 aliphatic carbocycles. The molecule has 0 radical (unpaired) electrons. The van der Waals surface area contributed by atoms with E-state index in [1.165, 1.54) is 0 Å². The van der Waals surface area contributed by atoms with Crippen molar-refractivity contribution in [3.05, 3.63) is 0 Å². The van der Waals surface area contributed by atoms with E-state index < -0.39 is 0 Å². The van der Waals surface area contributed by atoms with Crippen LogP contribution in [0, 0.1) is 0 Å². The van der Waals surface area contributed by atoms with Gasteiger partial charge in [0.25, 0.3) is 0 Å². The van der Waals surface area contributed by atoms with Crippen molar-refractivity contribution < 1.29 is 9.59 Å². The van der Waals surface area contributed by atoms with Crippen LogP contribution in [0.5, 0.6) is 0 Å². The monoisotopic (exact) mass is 190 g/mol. The maximum absolute atomic E-state index is 10.9. The van der Waals surface area contributed by atoms with Crippen LogP contribution in [0.2, 0.25) is 0 Å². The Labute approximate surface area is 77.5 Å². The van der Waals surface area contributed by atoms with Crippen molar-refractivity contribution in [3.63, 3.8) is 0 Å². The molecule has 4 nitrogen and oxygen atoms in total. The molecule has 2 N–H and O–H groups in total. The molecule has 0 aliphatic heterocycles. The second-order valence-electron chi connectivity index (χ2n) is 2.20. The maximum atomic E-state index is 10.9. The summed E-state index contributed by atoms with van der Waals surface area (Å²) in [7, 11) is 0. The van der Waals surface area contributed by atoms with E-state index in [0.717, 1.165) is 0 Å². The molecule has 2 amide bonds. The van der Waals surface area contributed by atoms with E-state index in [1.807, 2.05) is 6.92 Å². The first-order valence-electron chi connectivity index (χ1n) is 3.85. The van der Waals surface area contributed by atoms with Crippen LogP contribution < -0.4 is 10.6 Å². The van der Waals surface area contributed by atoms with Gasteiger partial charge in [-0.05, 0) is 6.92 Å². The number of amides is 2. The van der Waals surface area contributed by atoms with Gasteiger partial charge in [0, 0.05) is 18.8 Å². The normalized spacial score (nSPS) is 9.17. The van der Waals surface area contributed by atoms with Crippen LogP contribution in [-0.2, 0) is 9.59 Å². The van der Waals surface area contributed by atoms with E-state index in [2.05, 4.69) is 23.3 Å². The van der Waals surface area contributed by atoms with Crippen LogP contribution in [-0.4, -0.2) is 30.7 Å². The summed E-state index contributed by atoms with van der Waals surface area (Å²) in [5, 5.41) is 5.08. The number of carbonyl (C=O) groups is 2. The molecule has 0 saturated carbocycles. The molecule has 0 aromatic rings. The van der Waals surface area contributed by atoms with Crippen molar-refractivity contribution >= 4 is 24.4 Å². The Morgan fingerprint density at radius 1 is 1.25 bits per heavy atom. The van der Waals surface area contributed by atoms with E-state index in [-0.39, 0.29) is 18.2 Å². The molecule has 0 unspecified atom stereocenters. The molecule has 70 valence electrons. The van der Waals surface area contributed by atoms with Crippen molar-refractivity contribution in [2.75, 3.05) is 18.8 Å². The lowest BCUT2D eigenvalue weighted by atomic mass is 10.4. The van der Waals surface area contributed by atoms with Crippen LogP contribution in [0.1, 0.15) is 13.3 Å². The fourth-order valence-corrected chi connectivity index (χ4v) is 0.775. The Kier molecular flexibility index (Phi) is 6.55. The van der Waals surface area contributed by atoms with E-state index in [0.29, 0.717) is 18.8 Å². The van der Waals surface area contributed by atoms with Crippen molar-refractivity contribution in [2.24, 2.45) is 0 Å². The fourth-order valence-electron chi connectivity index (χ4n) is 0.663. The van der Waals surface area contributed by atoms with Gasteiger partial charge in [-0.2, -0.15) is 12.6 Å². The van der Waals surface area contributed by atoms with Crippen molar-refractivity contribution in [1.82, 2.24) is 10.6 Å². The molecule has 0 saturated heterocycles. The van der Waals surface area contributed by atoms with Gasteiger partial charge in [-0.1, -0.05) is 0 Å². The summed E-state index contributed by atoms with van der Waals surface area (Å²) < 4.78 is 0. The molecule has 0 bridgehead atoms. The van der Waals surface area contributed by atoms with Crippen LogP contribution in [0.25, 0.3) is 0 Å². The first-order chi connectivity index (χ1) is 5.70. The lowest BCUT2D eigenvalue weighted by Crippen LogP contribution is -2.32. The Balaban J connectivity index is 3.47. The minimum Gasteiger partial charge on any atom is -0.356 e. The van der Waals surface area contributed by atoms with Crippen molar-refractivity contribution in [3.8, 4) is 0 Å². The van der Waals surface area contributed by atoms with Gasteiger partial charge >= 0.3 is 0 Å². The van der Waals surface area contributed by atoms with Crippen LogP contribution in [0.4, 0.5) is 0 Å². The van der Waals surface area contributed by atoms with Gasteiger partial charge in [0.05, 0.1) is 0 Å². The molecule has 0 aliphatic rings. The summed E-state index contributed by atoms with van der Waals surface area (Å²) in [6, 6.07) is 0. The summed E-state index contributed by atoms with van der Waals surface area (Å²) in [6.45, 7) is 2.86. The maximum Gasteiger partial charge on any atom is 0.229 e. The topological polar surface area (TPSA) is 58.2 Å². The highest BCUT2D eigenvalue weighted by Gasteiger charge is 2.06. The first-order valence-corrected chi connectivity index (χ1v) is 4.48. The number of rotatable bonds is 5. The van der Waals surface area contributed by atoms with Crippen LogP contribution >= 0.6 is 12.6 Å². The molecule has 0 rings (SSSR count). The molecule has 0 atom stereocenters. The number of hydrogen-bond donors (Lipinski definition) is 3. The molecule has 0 aromatic heterocycles. The van der Waals surface area contributed by atoms with E-state index >= 15 is 0 Å². The summed E-state index contributed by atoms with van der Waals surface area (Å²) in [6.07, 6.45) is -0.0956. The number of thiol groups is 1. The molecule has 5 heteroatoms. The standard InChI is InChI=1S/C7H14N2O2S/c1-2-8-6(10)5-7(11)9-3-4-12/h12H,2-5H2,1H3,(H,8,10)(H,9,11). The quantitative estimate of drug-likeness (QED) is 0.406. The molecule has 0 spiro atoms. The molecule has 0 fully saturated rings. The Bertz CT molecular complexity index is 161. The van der Waals surface area contributed by atoms with Gasteiger partial charge in [0.2, 0.25) is 11.8 Å². The third kappa shape index (κ3) is 6.03. The highest BCUT2D eigenvalue weighted by molar-refractivity contribution is 7.80. The molecule has 0 aromatic carbocycles. The molecule has 0 heterocycles. The van der Waals surface area contributed by atoms with E-state index in [9.17, 15) is 9.59 Å². The van der Waals surface area contributed by atoms with Gasteiger partial charge in [0.15, 0.2) is 0 Å². The summed E-state index contributed by atoms with van der Waals surface area (Å²) >= 11 is 3.91. The zero-order valence-electron chi connectivity index (χ0n) is 7.09. The molecular formula is C7H14N2O2S. The van der Waals surface area contributed by atoms with E-state index in [4.69, 9.17) is 0 Å². The highest BCUT2D eigenvalue weighted by atomic mass is 32.1. The smallest absolute Gasteiger partial charge is 0.229 e. The molecule has 12 heavy (non-hydrogen) atoms. The number of nitrogens with one attached hydrogen (secondary N) is 2. The zero-order valence-corrected chi connectivity index (χ0v) is 7.99. The predicted octanol–water partition coefficient (Wildman–Crippen LogP) is -0.441. The van der Waals surface area contributed by atoms with Gasteiger partial charge in [-0.15, -0.1) is 0 Å². The average Bonchev–Trinajstić information content (AvgIpc) is 2.01. The molecular weight excluding hydrogens is 176 g/mol. The van der Waals surface area contributed by atoms with Crippen LogP contribution in [0.15, 0.2) is 0 Å². The van der Waals surface area contributed by atoms with Gasteiger partial charge in [0.1, 0.15) is 6.42 Å². The Hall–Kier alpha value is -0.710. The second-order valence-corrected chi connectivity index (χ2v) is 2.65. The number of carbonyl (C=O) groups excluding carboxylic acids is 2. The third-order valence-electron chi connectivity index (χ3n) is 1.13. The average molecular weight is 190 g/mol. The summed E-state index contributed by atoms with van der Waals surface area (Å²) in [5.74, 6) is 0.0883. The minimum absolute atomic E-state index is 0.0956. The first kappa shape index (κ1) is 11.3. The highest BCUT2D eigenvalue weighted by Crippen LogP contribution is 1.80.